The van der Waals surface area contributed by atoms with Gasteiger partial charge in [0, 0.05) is 44.1 Å². The van der Waals surface area contributed by atoms with Crippen LogP contribution in [0, 0.1) is 0 Å². The van der Waals surface area contributed by atoms with E-state index in [0.717, 1.165) is 72.2 Å². The maximum absolute atomic E-state index is 6.16. The summed E-state index contributed by atoms with van der Waals surface area (Å²) in [5.41, 5.74) is 10.2. The minimum Gasteiger partial charge on any atom is -0.456 e. The Labute approximate surface area is 300 Å². The largest absolute Gasteiger partial charge is 0.456 e. The predicted molar refractivity (Wildman–Crippen MR) is 211 cm³/mol. The van der Waals surface area contributed by atoms with Gasteiger partial charge in [-0.15, -0.1) is 0 Å². The van der Waals surface area contributed by atoms with E-state index >= 15 is 0 Å². The van der Waals surface area contributed by atoms with Crippen LogP contribution in [0.25, 0.3) is 95.1 Å². The van der Waals surface area contributed by atoms with Gasteiger partial charge < -0.3 is 8.98 Å². The summed E-state index contributed by atoms with van der Waals surface area (Å²) in [5.74, 6) is 2.66. The molecule has 3 aromatic heterocycles. The Balaban J connectivity index is 1.15. The highest BCUT2D eigenvalue weighted by Gasteiger charge is 2.18. The number of nitrogens with zero attached hydrogens (tertiary/aromatic N) is 4. The summed E-state index contributed by atoms with van der Waals surface area (Å²) in [6.07, 6.45) is 0. The first-order chi connectivity index (χ1) is 25.8. The summed E-state index contributed by atoms with van der Waals surface area (Å²) < 4.78 is 8.48. The van der Waals surface area contributed by atoms with Crippen molar-refractivity contribution in [3.63, 3.8) is 0 Å². The molecule has 244 valence electrons. The zero-order chi connectivity index (χ0) is 34.4. The van der Waals surface area contributed by atoms with Crippen LogP contribution in [0.3, 0.4) is 0 Å². The van der Waals surface area contributed by atoms with Crippen LogP contribution >= 0.6 is 0 Å². The van der Waals surface area contributed by atoms with Gasteiger partial charge in [0.05, 0.1) is 11.0 Å². The van der Waals surface area contributed by atoms with Gasteiger partial charge in [0.1, 0.15) is 11.3 Å². The highest BCUT2D eigenvalue weighted by molar-refractivity contribution is 6.10. The third-order valence-corrected chi connectivity index (χ3v) is 9.69. The van der Waals surface area contributed by atoms with Gasteiger partial charge in [-0.05, 0) is 59.7 Å². The molecule has 0 amide bonds. The van der Waals surface area contributed by atoms with Crippen molar-refractivity contribution in [1.82, 2.24) is 19.5 Å². The molecule has 5 nitrogen and oxygen atoms in total. The Hall–Kier alpha value is -7.11. The Kier molecular flexibility index (Phi) is 7.07. The van der Waals surface area contributed by atoms with Crippen LogP contribution in [0.15, 0.2) is 186 Å². The van der Waals surface area contributed by atoms with Crippen molar-refractivity contribution in [3.8, 4) is 62.3 Å². The van der Waals surface area contributed by atoms with E-state index in [1.165, 1.54) is 5.39 Å². The summed E-state index contributed by atoms with van der Waals surface area (Å²) in [6, 6.07) is 62.7. The molecule has 52 heavy (non-hydrogen) atoms. The molecule has 10 aromatic rings. The minimum atomic E-state index is 0.603. The monoisotopic (exact) mass is 666 g/mol. The summed E-state index contributed by atoms with van der Waals surface area (Å²) in [6.45, 7) is 0. The topological polar surface area (TPSA) is 56.7 Å². The molecule has 0 fully saturated rings. The third-order valence-electron chi connectivity index (χ3n) is 9.69. The number of rotatable bonds is 6. The minimum absolute atomic E-state index is 0.603. The van der Waals surface area contributed by atoms with Crippen LogP contribution in [0.5, 0.6) is 0 Å². The Morgan fingerprint density at radius 2 is 0.981 bits per heavy atom. The Bertz CT molecular complexity index is 2860. The van der Waals surface area contributed by atoms with E-state index in [-0.39, 0.29) is 0 Å². The zero-order valence-electron chi connectivity index (χ0n) is 28.0. The fourth-order valence-electron chi connectivity index (χ4n) is 7.18. The van der Waals surface area contributed by atoms with E-state index in [0.29, 0.717) is 17.5 Å². The van der Waals surface area contributed by atoms with Crippen molar-refractivity contribution in [3.05, 3.63) is 182 Å². The molecule has 0 spiro atoms. The van der Waals surface area contributed by atoms with Crippen LogP contribution in [0.4, 0.5) is 0 Å². The van der Waals surface area contributed by atoms with Crippen LogP contribution in [-0.4, -0.2) is 19.5 Å². The van der Waals surface area contributed by atoms with Crippen molar-refractivity contribution in [2.45, 2.75) is 0 Å². The molecule has 5 heteroatoms. The molecule has 0 saturated carbocycles. The smallest absolute Gasteiger partial charge is 0.164 e. The van der Waals surface area contributed by atoms with Crippen LogP contribution in [0.2, 0.25) is 0 Å². The molecule has 3 heterocycles. The maximum Gasteiger partial charge on any atom is 0.164 e. The molecule has 0 radical (unpaired) electrons. The number of benzene rings is 7. The highest BCUT2D eigenvalue weighted by Crippen LogP contribution is 2.37. The zero-order valence-corrected chi connectivity index (χ0v) is 28.0. The molecule has 0 N–H and O–H groups in total. The van der Waals surface area contributed by atoms with E-state index in [4.69, 9.17) is 19.4 Å². The number of para-hydroxylation sites is 3. The molecule has 0 bridgehead atoms. The number of fused-ring (bicyclic) bond motifs is 4. The second-order valence-electron chi connectivity index (χ2n) is 12.9. The predicted octanol–water partition coefficient (Wildman–Crippen LogP) is 12.0. The van der Waals surface area contributed by atoms with Gasteiger partial charge in [0.2, 0.25) is 0 Å². The summed E-state index contributed by atoms with van der Waals surface area (Å²) in [7, 11) is 0. The van der Waals surface area contributed by atoms with Crippen molar-refractivity contribution < 1.29 is 4.42 Å². The fourth-order valence-corrected chi connectivity index (χ4v) is 7.18. The van der Waals surface area contributed by atoms with E-state index in [1.54, 1.807) is 0 Å². The normalized spacial score (nSPS) is 11.5. The first-order valence-corrected chi connectivity index (χ1v) is 17.4. The quantitative estimate of drug-likeness (QED) is 0.177. The molecule has 7 aromatic carbocycles. The van der Waals surface area contributed by atoms with E-state index in [1.807, 2.05) is 36.4 Å². The average molecular weight is 667 g/mol. The van der Waals surface area contributed by atoms with Gasteiger partial charge in [0.15, 0.2) is 17.5 Å². The Morgan fingerprint density at radius 1 is 0.385 bits per heavy atom. The standard InChI is InChI=1S/C47H30N4O/c1-3-13-31(14-4-1)37-18-8-9-20-39(37)47-49-45(33-25-23-32(24-26-33)44-30-34-15-7-12-22-43(34)52-44)48-46(50-47)35-27-28-42-40(29-35)38-19-10-11-21-41(38)51(42)36-16-5-2-6-17-36/h1-30H. The van der Waals surface area contributed by atoms with Gasteiger partial charge in [0.25, 0.3) is 0 Å². The lowest BCUT2D eigenvalue weighted by Crippen LogP contribution is -2.01. The lowest BCUT2D eigenvalue weighted by atomic mass is 9.99. The summed E-state index contributed by atoms with van der Waals surface area (Å²) >= 11 is 0. The van der Waals surface area contributed by atoms with Gasteiger partial charge in [-0.2, -0.15) is 0 Å². The Morgan fingerprint density at radius 3 is 1.79 bits per heavy atom. The van der Waals surface area contributed by atoms with Crippen molar-refractivity contribution in [2.75, 3.05) is 0 Å². The number of hydrogen-bond donors (Lipinski definition) is 0. The number of hydrogen-bond acceptors (Lipinski definition) is 4. The molecule has 0 aliphatic heterocycles. The van der Waals surface area contributed by atoms with E-state index in [2.05, 4.69) is 150 Å². The first-order valence-electron chi connectivity index (χ1n) is 17.4. The third kappa shape index (κ3) is 5.15. The molecule has 10 rings (SSSR count). The van der Waals surface area contributed by atoms with Crippen LogP contribution in [0.1, 0.15) is 0 Å². The second kappa shape index (κ2) is 12.3. The first kappa shape index (κ1) is 29.8. The van der Waals surface area contributed by atoms with Crippen molar-refractivity contribution >= 4 is 32.8 Å². The molecular weight excluding hydrogens is 637 g/mol. The van der Waals surface area contributed by atoms with Gasteiger partial charge in [-0.25, -0.2) is 15.0 Å². The van der Waals surface area contributed by atoms with Gasteiger partial charge >= 0.3 is 0 Å². The average Bonchev–Trinajstić information content (AvgIpc) is 3.81. The van der Waals surface area contributed by atoms with E-state index in [9.17, 15) is 0 Å². The molecule has 0 saturated heterocycles. The van der Waals surface area contributed by atoms with Crippen LogP contribution < -0.4 is 0 Å². The molecule has 0 aliphatic rings. The molecule has 0 aliphatic carbocycles. The van der Waals surface area contributed by atoms with Crippen molar-refractivity contribution in [2.24, 2.45) is 0 Å². The number of aromatic nitrogens is 4. The molecule has 0 unspecified atom stereocenters. The second-order valence-corrected chi connectivity index (χ2v) is 12.9. The lowest BCUT2D eigenvalue weighted by Gasteiger charge is -2.12. The molecule has 0 atom stereocenters. The van der Waals surface area contributed by atoms with E-state index < -0.39 is 0 Å². The molecular formula is C47H30N4O. The lowest BCUT2D eigenvalue weighted by molar-refractivity contribution is 0.631. The number of furan rings is 1. The van der Waals surface area contributed by atoms with Gasteiger partial charge in [-0.3, -0.25) is 0 Å². The summed E-state index contributed by atoms with van der Waals surface area (Å²) in [5, 5.41) is 3.39. The maximum atomic E-state index is 6.16. The highest BCUT2D eigenvalue weighted by atomic mass is 16.3. The fraction of sp³-hybridized carbons (Fsp3) is 0. The van der Waals surface area contributed by atoms with Gasteiger partial charge in [-0.1, -0.05) is 133 Å². The SMILES string of the molecule is c1ccc(-c2ccccc2-c2nc(-c3ccc(-c4cc5ccccc5o4)cc3)nc(-c3ccc4c(c3)c3ccccc3n4-c3ccccc3)n2)cc1. The summed E-state index contributed by atoms with van der Waals surface area (Å²) in [4.78, 5) is 15.5. The van der Waals surface area contributed by atoms with Crippen LogP contribution in [-0.2, 0) is 0 Å². The van der Waals surface area contributed by atoms with Crippen molar-refractivity contribution in [1.29, 1.82) is 0 Å².